The third-order valence-corrected chi connectivity index (χ3v) is 2.11. The minimum absolute atomic E-state index is 0.147. The predicted molar refractivity (Wildman–Crippen MR) is 52.9 cm³/mol. The van der Waals surface area contributed by atoms with Gasteiger partial charge in [-0.2, -0.15) is 13.2 Å². The van der Waals surface area contributed by atoms with E-state index < -0.39 is 23.7 Å². The number of ether oxygens (including phenoxy) is 1. The van der Waals surface area contributed by atoms with Crippen LogP contribution >= 0.6 is 0 Å². The largest absolute Gasteiger partial charge is 0.416 e. The first-order valence-electron chi connectivity index (χ1n) is 4.98. The molecule has 6 heteroatoms. The highest BCUT2D eigenvalue weighted by Gasteiger charge is 2.31. The van der Waals surface area contributed by atoms with Gasteiger partial charge in [0.1, 0.15) is 11.9 Å². The van der Waals surface area contributed by atoms with Crippen molar-refractivity contribution in [3.05, 3.63) is 35.1 Å². The molecule has 1 N–H and O–H groups in total. The predicted octanol–water partition coefficient (Wildman–Crippen LogP) is 2.91. The van der Waals surface area contributed by atoms with Gasteiger partial charge in [-0.15, -0.1) is 0 Å². The Labute approximate surface area is 95.8 Å². The SMILES string of the molecule is CCOCC(O)c1cc(F)cc(C(F)(F)F)c1. The Morgan fingerprint density at radius 1 is 1.29 bits per heavy atom. The molecular formula is C11H12F4O2. The maximum absolute atomic E-state index is 13.0. The molecule has 1 atom stereocenters. The van der Waals surface area contributed by atoms with E-state index in [1.54, 1.807) is 6.92 Å². The van der Waals surface area contributed by atoms with E-state index >= 15 is 0 Å². The Bertz CT molecular complexity index is 376. The number of aliphatic hydroxyl groups is 1. The van der Waals surface area contributed by atoms with Crippen molar-refractivity contribution in [2.45, 2.75) is 19.2 Å². The normalized spacial score (nSPS) is 13.8. The lowest BCUT2D eigenvalue weighted by atomic mass is 10.1. The lowest BCUT2D eigenvalue weighted by Crippen LogP contribution is -2.11. The van der Waals surface area contributed by atoms with Crippen molar-refractivity contribution in [1.29, 1.82) is 0 Å². The molecule has 0 spiro atoms. The van der Waals surface area contributed by atoms with Crippen LogP contribution in [0.25, 0.3) is 0 Å². The molecule has 0 saturated heterocycles. The van der Waals surface area contributed by atoms with Gasteiger partial charge in [-0.05, 0) is 30.7 Å². The number of hydrogen-bond acceptors (Lipinski definition) is 2. The second-order valence-corrected chi connectivity index (χ2v) is 3.45. The molecule has 0 fully saturated rings. The molecule has 17 heavy (non-hydrogen) atoms. The molecule has 1 aromatic rings. The van der Waals surface area contributed by atoms with E-state index in [4.69, 9.17) is 4.74 Å². The Morgan fingerprint density at radius 2 is 1.94 bits per heavy atom. The topological polar surface area (TPSA) is 29.5 Å². The van der Waals surface area contributed by atoms with Gasteiger partial charge in [0.15, 0.2) is 0 Å². The smallest absolute Gasteiger partial charge is 0.386 e. The Balaban J connectivity index is 2.97. The van der Waals surface area contributed by atoms with Crippen LogP contribution in [0.1, 0.15) is 24.2 Å². The third kappa shape index (κ3) is 3.98. The molecule has 0 aliphatic carbocycles. The van der Waals surface area contributed by atoms with Crippen molar-refractivity contribution in [2.75, 3.05) is 13.2 Å². The molecule has 1 rings (SSSR count). The lowest BCUT2D eigenvalue weighted by Gasteiger charge is -2.14. The van der Waals surface area contributed by atoms with Gasteiger partial charge in [0.05, 0.1) is 12.2 Å². The lowest BCUT2D eigenvalue weighted by molar-refractivity contribution is -0.137. The van der Waals surface area contributed by atoms with Crippen LogP contribution in [-0.2, 0) is 10.9 Å². The fourth-order valence-electron chi connectivity index (χ4n) is 1.29. The Morgan fingerprint density at radius 3 is 2.47 bits per heavy atom. The van der Waals surface area contributed by atoms with E-state index in [2.05, 4.69) is 0 Å². The Kier molecular flexibility index (Phi) is 4.47. The number of benzene rings is 1. The van der Waals surface area contributed by atoms with E-state index in [0.717, 1.165) is 6.07 Å². The zero-order valence-corrected chi connectivity index (χ0v) is 9.09. The first-order valence-corrected chi connectivity index (χ1v) is 4.98. The maximum atomic E-state index is 13.0. The van der Waals surface area contributed by atoms with Crippen LogP contribution in [0.3, 0.4) is 0 Å². The average molecular weight is 252 g/mol. The van der Waals surface area contributed by atoms with Crippen LogP contribution < -0.4 is 0 Å². The standard InChI is InChI=1S/C11H12F4O2/c1-2-17-6-10(16)7-3-8(11(13,14)15)5-9(12)4-7/h3-5,10,16H,2,6H2,1H3. The Hall–Kier alpha value is -1.14. The summed E-state index contributed by atoms with van der Waals surface area (Å²) in [5.41, 5.74) is -1.27. The van der Waals surface area contributed by atoms with Gasteiger partial charge in [0.2, 0.25) is 0 Å². The molecule has 0 aliphatic heterocycles. The summed E-state index contributed by atoms with van der Waals surface area (Å²) in [6, 6.07) is 1.96. The van der Waals surface area contributed by atoms with Gasteiger partial charge in [-0.25, -0.2) is 4.39 Å². The van der Waals surface area contributed by atoms with E-state index in [9.17, 15) is 22.7 Å². The molecule has 0 bridgehead atoms. The second-order valence-electron chi connectivity index (χ2n) is 3.45. The first-order chi connectivity index (χ1) is 7.84. The summed E-state index contributed by atoms with van der Waals surface area (Å²) in [6.07, 6.45) is -5.91. The third-order valence-electron chi connectivity index (χ3n) is 2.11. The van der Waals surface area contributed by atoms with Crippen molar-refractivity contribution in [3.63, 3.8) is 0 Å². The quantitative estimate of drug-likeness (QED) is 0.835. The average Bonchev–Trinajstić information content (AvgIpc) is 2.23. The molecule has 0 aliphatic rings. The van der Waals surface area contributed by atoms with Crippen LogP contribution in [0.4, 0.5) is 17.6 Å². The summed E-state index contributed by atoms with van der Waals surface area (Å²) < 4.78 is 55.0. The van der Waals surface area contributed by atoms with E-state index in [1.807, 2.05) is 0 Å². The molecule has 0 aromatic heterocycles. The van der Waals surface area contributed by atoms with Crippen molar-refractivity contribution >= 4 is 0 Å². The second kappa shape index (κ2) is 5.46. The fraction of sp³-hybridized carbons (Fsp3) is 0.455. The van der Waals surface area contributed by atoms with E-state index in [1.165, 1.54) is 0 Å². The van der Waals surface area contributed by atoms with E-state index in [0.29, 0.717) is 18.7 Å². The van der Waals surface area contributed by atoms with Crippen LogP contribution in [0.5, 0.6) is 0 Å². The van der Waals surface area contributed by atoms with Gasteiger partial charge in [0, 0.05) is 6.61 Å². The minimum atomic E-state index is -4.64. The highest BCUT2D eigenvalue weighted by molar-refractivity contribution is 5.28. The first kappa shape index (κ1) is 13.9. The molecule has 0 heterocycles. The van der Waals surface area contributed by atoms with E-state index in [-0.39, 0.29) is 12.2 Å². The maximum Gasteiger partial charge on any atom is 0.416 e. The molecular weight excluding hydrogens is 240 g/mol. The highest BCUT2D eigenvalue weighted by atomic mass is 19.4. The van der Waals surface area contributed by atoms with Crippen molar-refractivity contribution in [1.82, 2.24) is 0 Å². The fourth-order valence-corrected chi connectivity index (χ4v) is 1.29. The zero-order chi connectivity index (χ0) is 13.1. The van der Waals surface area contributed by atoms with Crippen LogP contribution in [-0.4, -0.2) is 18.3 Å². The molecule has 96 valence electrons. The number of rotatable bonds is 4. The van der Waals surface area contributed by atoms with Crippen molar-refractivity contribution < 1.29 is 27.4 Å². The molecule has 0 radical (unpaired) electrons. The summed E-state index contributed by atoms with van der Waals surface area (Å²) >= 11 is 0. The summed E-state index contributed by atoms with van der Waals surface area (Å²) in [7, 11) is 0. The molecule has 0 amide bonds. The van der Waals surface area contributed by atoms with Crippen molar-refractivity contribution in [2.24, 2.45) is 0 Å². The van der Waals surface area contributed by atoms with Crippen LogP contribution in [0.15, 0.2) is 18.2 Å². The summed E-state index contributed by atoms with van der Waals surface area (Å²) in [5.74, 6) is -1.04. The van der Waals surface area contributed by atoms with Crippen LogP contribution in [0, 0.1) is 5.82 Å². The number of alkyl halides is 3. The number of halogens is 4. The number of hydrogen-bond donors (Lipinski definition) is 1. The molecule has 1 unspecified atom stereocenters. The molecule has 0 saturated carbocycles. The van der Waals surface area contributed by atoms with Gasteiger partial charge >= 0.3 is 6.18 Å². The monoisotopic (exact) mass is 252 g/mol. The summed E-state index contributed by atoms with van der Waals surface area (Å²) in [6.45, 7) is 1.83. The molecule has 2 nitrogen and oxygen atoms in total. The summed E-state index contributed by atoms with van der Waals surface area (Å²) in [5, 5.41) is 9.51. The van der Waals surface area contributed by atoms with Gasteiger partial charge < -0.3 is 9.84 Å². The van der Waals surface area contributed by atoms with Gasteiger partial charge in [-0.1, -0.05) is 0 Å². The van der Waals surface area contributed by atoms with Crippen LogP contribution in [0.2, 0.25) is 0 Å². The molecule has 1 aromatic carbocycles. The van der Waals surface area contributed by atoms with Gasteiger partial charge in [0.25, 0.3) is 0 Å². The minimum Gasteiger partial charge on any atom is -0.386 e. The van der Waals surface area contributed by atoms with Gasteiger partial charge in [-0.3, -0.25) is 0 Å². The number of aliphatic hydroxyl groups excluding tert-OH is 1. The zero-order valence-electron chi connectivity index (χ0n) is 9.09. The summed E-state index contributed by atoms with van der Waals surface area (Å²) in [4.78, 5) is 0. The van der Waals surface area contributed by atoms with Crippen molar-refractivity contribution in [3.8, 4) is 0 Å². The highest BCUT2D eigenvalue weighted by Crippen LogP contribution is 2.31.